The number of thioether (sulfide) groups is 1. The molecule has 1 aliphatic rings. The highest BCUT2D eigenvalue weighted by Gasteiger charge is 2.20. The fourth-order valence-electron chi connectivity index (χ4n) is 1.40. The first kappa shape index (κ1) is 12.5. The Hall–Kier alpha value is -0.910. The van der Waals surface area contributed by atoms with Gasteiger partial charge in [0.25, 0.3) is 0 Å². The van der Waals surface area contributed by atoms with Crippen molar-refractivity contribution in [1.29, 1.82) is 0 Å². The van der Waals surface area contributed by atoms with Crippen LogP contribution in [0.25, 0.3) is 0 Å². The van der Waals surface area contributed by atoms with Gasteiger partial charge in [0.05, 0.1) is 24.6 Å². The van der Waals surface area contributed by atoms with Gasteiger partial charge in [-0.15, -0.1) is 0 Å². The van der Waals surface area contributed by atoms with Crippen LogP contribution in [0.1, 0.15) is 0 Å². The molecule has 4 nitrogen and oxygen atoms in total. The molecule has 1 atom stereocenters. The van der Waals surface area contributed by atoms with E-state index < -0.39 is 6.10 Å². The summed E-state index contributed by atoms with van der Waals surface area (Å²) in [6.07, 6.45) is -0.456. The lowest BCUT2D eigenvalue weighted by atomic mass is 10.3. The van der Waals surface area contributed by atoms with E-state index in [0.717, 1.165) is 13.2 Å². The predicted molar refractivity (Wildman–Crippen MR) is 69.4 cm³/mol. The summed E-state index contributed by atoms with van der Waals surface area (Å²) in [7, 11) is 0. The maximum absolute atomic E-state index is 9.73. The third-order valence-electron chi connectivity index (χ3n) is 2.43. The average Bonchev–Trinajstić information content (AvgIpc) is 2.24. The fraction of sp³-hybridized carbons (Fsp3) is 0.500. The molecule has 1 aromatic carbocycles. The Labute approximate surface area is 105 Å². The van der Waals surface area contributed by atoms with Crippen molar-refractivity contribution in [3.05, 3.63) is 24.3 Å². The van der Waals surface area contributed by atoms with Crippen molar-refractivity contribution in [2.24, 2.45) is 0 Å². The predicted octanol–water partition coefficient (Wildman–Crippen LogP) is 1.14. The third-order valence-corrected chi connectivity index (χ3v) is 3.75. The Balaban J connectivity index is 1.66. The topological polar surface area (TPSA) is 64.7 Å². The van der Waals surface area contributed by atoms with Crippen molar-refractivity contribution in [1.82, 2.24) is 0 Å². The summed E-state index contributed by atoms with van der Waals surface area (Å²) in [5, 5.41) is 10.3. The summed E-state index contributed by atoms with van der Waals surface area (Å²) >= 11 is 1.73. The molecule has 17 heavy (non-hydrogen) atoms. The number of hydrogen-bond acceptors (Lipinski definition) is 5. The van der Waals surface area contributed by atoms with Crippen LogP contribution < -0.4 is 10.5 Å². The van der Waals surface area contributed by atoms with Gasteiger partial charge < -0.3 is 20.3 Å². The Morgan fingerprint density at radius 1 is 1.53 bits per heavy atom. The molecule has 1 saturated heterocycles. The molecule has 0 spiro atoms. The summed E-state index contributed by atoms with van der Waals surface area (Å²) < 4.78 is 10.5. The van der Waals surface area contributed by atoms with Crippen molar-refractivity contribution >= 4 is 17.4 Å². The van der Waals surface area contributed by atoms with E-state index in [-0.39, 0.29) is 0 Å². The molecular weight excluding hydrogens is 238 g/mol. The molecule has 0 bridgehead atoms. The van der Waals surface area contributed by atoms with Gasteiger partial charge in [-0.1, -0.05) is 6.07 Å². The minimum atomic E-state index is -0.456. The van der Waals surface area contributed by atoms with Crippen LogP contribution in [0.5, 0.6) is 5.75 Å². The van der Waals surface area contributed by atoms with Crippen molar-refractivity contribution < 1.29 is 14.6 Å². The number of ether oxygens (including phenoxy) is 2. The molecule has 1 unspecified atom stereocenters. The van der Waals surface area contributed by atoms with E-state index in [1.807, 2.05) is 12.1 Å². The van der Waals surface area contributed by atoms with Crippen molar-refractivity contribution in [3.8, 4) is 5.75 Å². The van der Waals surface area contributed by atoms with Crippen molar-refractivity contribution in [2.45, 2.75) is 11.4 Å². The number of benzene rings is 1. The van der Waals surface area contributed by atoms with Crippen LogP contribution in [0.3, 0.4) is 0 Å². The number of aliphatic hydroxyl groups excluding tert-OH is 1. The second-order valence-corrected chi connectivity index (χ2v) is 5.36. The first-order valence-corrected chi connectivity index (χ1v) is 6.64. The lowest BCUT2D eigenvalue weighted by molar-refractivity contribution is 0.0450. The molecule has 0 amide bonds. The average molecular weight is 255 g/mol. The van der Waals surface area contributed by atoms with Crippen molar-refractivity contribution in [2.75, 3.05) is 31.3 Å². The lowest BCUT2D eigenvalue weighted by Gasteiger charge is -2.26. The zero-order valence-electron chi connectivity index (χ0n) is 9.54. The zero-order valence-corrected chi connectivity index (χ0v) is 10.4. The summed E-state index contributed by atoms with van der Waals surface area (Å²) in [6, 6.07) is 7.21. The van der Waals surface area contributed by atoms with Crippen LogP contribution in [-0.4, -0.2) is 42.0 Å². The second-order valence-electron chi connectivity index (χ2n) is 4.03. The Morgan fingerprint density at radius 2 is 2.35 bits per heavy atom. The maximum Gasteiger partial charge on any atom is 0.121 e. The van der Waals surface area contributed by atoms with Gasteiger partial charge in [-0.05, 0) is 12.1 Å². The van der Waals surface area contributed by atoms with Gasteiger partial charge in [-0.3, -0.25) is 0 Å². The minimum Gasteiger partial charge on any atom is -0.491 e. The third kappa shape index (κ3) is 4.11. The Bertz CT molecular complexity index is 357. The standard InChI is InChI=1S/C12H17NO3S/c13-9-2-1-3-11(4-9)16-5-10(14)8-17-12-6-15-7-12/h1-4,10,12,14H,5-8,13H2. The minimum absolute atomic E-state index is 0.296. The van der Waals surface area contributed by atoms with E-state index in [2.05, 4.69) is 0 Å². The van der Waals surface area contributed by atoms with E-state index in [1.165, 1.54) is 0 Å². The molecule has 0 aromatic heterocycles. The number of hydrogen-bond donors (Lipinski definition) is 2. The van der Waals surface area contributed by atoms with E-state index in [9.17, 15) is 5.11 Å². The van der Waals surface area contributed by atoms with Crippen LogP contribution in [0, 0.1) is 0 Å². The number of anilines is 1. The number of rotatable bonds is 6. The molecule has 94 valence electrons. The van der Waals surface area contributed by atoms with E-state index in [1.54, 1.807) is 23.9 Å². The van der Waals surface area contributed by atoms with Gasteiger partial charge in [0.2, 0.25) is 0 Å². The van der Waals surface area contributed by atoms with Crippen LogP contribution in [0.15, 0.2) is 24.3 Å². The Morgan fingerprint density at radius 3 is 3.00 bits per heavy atom. The highest BCUT2D eigenvalue weighted by molar-refractivity contribution is 8.00. The van der Waals surface area contributed by atoms with Gasteiger partial charge in [-0.2, -0.15) is 11.8 Å². The van der Waals surface area contributed by atoms with Gasteiger partial charge in [0.1, 0.15) is 12.4 Å². The molecule has 1 heterocycles. The molecule has 0 saturated carbocycles. The van der Waals surface area contributed by atoms with E-state index in [4.69, 9.17) is 15.2 Å². The fourth-order valence-corrected chi connectivity index (χ4v) is 2.38. The normalized spacial score (nSPS) is 17.5. The first-order chi connectivity index (χ1) is 8.24. The summed E-state index contributed by atoms with van der Waals surface area (Å²) in [5.74, 6) is 1.37. The van der Waals surface area contributed by atoms with E-state index >= 15 is 0 Å². The molecule has 1 aromatic rings. The molecule has 0 aliphatic carbocycles. The highest BCUT2D eigenvalue weighted by atomic mass is 32.2. The molecule has 5 heteroatoms. The number of nitrogens with two attached hydrogens (primary N) is 1. The van der Waals surface area contributed by atoms with Gasteiger partial charge in [0.15, 0.2) is 0 Å². The van der Waals surface area contributed by atoms with Gasteiger partial charge in [-0.25, -0.2) is 0 Å². The number of aliphatic hydroxyl groups is 1. The van der Waals surface area contributed by atoms with Crippen molar-refractivity contribution in [3.63, 3.8) is 0 Å². The maximum atomic E-state index is 9.73. The zero-order chi connectivity index (χ0) is 12.1. The SMILES string of the molecule is Nc1cccc(OCC(O)CSC2COC2)c1. The molecule has 3 N–H and O–H groups in total. The van der Waals surface area contributed by atoms with E-state index in [0.29, 0.717) is 29.0 Å². The molecule has 2 rings (SSSR count). The van der Waals surface area contributed by atoms with Gasteiger partial charge >= 0.3 is 0 Å². The highest BCUT2D eigenvalue weighted by Crippen LogP contribution is 2.20. The van der Waals surface area contributed by atoms with Crippen LogP contribution in [0.4, 0.5) is 5.69 Å². The Kier molecular flexibility index (Phi) is 4.53. The largest absolute Gasteiger partial charge is 0.491 e. The molecule has 1 fully saturated rings. The van der Waals surface area contributed by atoms with Gasteiger partial charge in [0, 0.05) is 17.5 Å². The summed E-state index contributed by atoms with van der Waals surface area (Å²) in [4.78, 5) is 0. The van der Waals surface area contributed by atoms with Crippen LogP contribution in [-0.2, 0) is 4.74 Å². The summed E-state index contributed by atoms with van der Waals surface area (Å²) in [6.45, 7) is 1.89. The van der Waals surface area contributed by atoms with Crippen LogP contribution in [0.2, 0.25) is 0 Å². The lowest BCUT2D eigenvalue weighted by Crippen LogP contribution is -2.32. The number of nitrogen functional groups attached to an aromatic ring is 1. The summed E-state index contributed by atoms with van der Waals surface area (Å²) in [5.41, 5.74) is 6.29. The molecule has 0 radical (unpaired) electrons. The molecule has 1 aliphatic heterocycles. The molecular formula is C12H17NO3S. The van der Waals surface area contributed by atoms with Crippen LogP contribution >= 0.6 is 11.8 Å². The first-order valence-electron chi connectivity index (χ1n) is 5.60. The second kappa shape index (κ2) is 6.14. The quantitative estimate of drug-likeness (QED) is 0.746. The monoisotopic (exact) mass is 255 g/mol. The smallest absolute Gasteiger partial charge is 0.121 e.